The molecule has 0 aliphatic carbocycles. The molecule has 1 unspecified atom stereocenters. The summed E-state index contributed by atoms with van der Waals surface area (Å²) in [6.45, 7) is 5.64. The van der Waals surface area contributed by atoms with Crippen molar-refractivity contribution in [1.29, 1.82) is 0 Å². The Kier molecular flexibility index (Phi) is 6.70. The van der Waals surface area contributed by atoms with Gasteiger partial charge in [-0.2, -0.15) is 0 Å². The summed E-state index contributed by atoms with van der Waals surface area (Å²) in [6.07, 6.45) is 1.48. The smallest absolute Gasteiger partial charge is 0.251 e. The Labute approximate surface area is 202 Å². The number of carbonyl (C=O) groups excluding carboxylic acids is 2. The van der Waals surface area contributed by atoms with Crippen molar-refractivity contribution in [2.45, 2.75) is 45.4 Å². The SMILES string of the molecule is CC(C)(C)NC(=O)C(c1ccco1)N(Cc1ccccc1Cl)C(=O)Cn1nnc2ccccc21. The predicted octanol–water partition coefficient (Wildman–Crippen LogP) is 4.36. The Morgan fingerprint density at radius 3 is 2.53 bits per heavy atom. The van der Waals surface area contributed by atoms with E-state index in [0.717, 1.165) is 5.52 Å². The highest BCUT2D eigenvalue weighted by atomic mass is 35.5. The highest BCUT2D eigenvalue weighted by Crippen LogP contribution is 2.28. The van der Waals surface area contributed by atoms with Gasteiger partial charge in [0.2, 0.25) is 5.91 Å². The number of fused-ring (bicyclic) bond motifs is 1. The number of nitrogens with zero attached hydrogens (tertiary/aromatic N) is 4. The first-order valence-corrected chi connectivity index (χ1v) is 11.3. The summed E-state index contributed by atoms with van der Waals surface area (Å²) >= 11 is 6.42. The first-order valence-electron chi connectivity index (χ1n) is 10.9. The summed E-state index contributed by atoms with van der Waals surface area (Å²) in [7, 11) is 0. The zero-order valence-electron chi connectivity index (χ0n) is 19.2. The molecule has 2 heterocycles. The van der Waals surface area contributed by atoms with E-state index in [1.54, 1.807) is 18.2 Å². The second kappa shape index (κ2) is 9.69. The van der Waals surface area contributed by atoms with Gasteiger partial charge in [0.05, 0.1) is 11.8 Å². The molecule has 4 aromatic rings. The second-order valence-electron chi connectivity index (χ2n) is 9.01. The third kappa shape index (κ3) is 5.28. The van der Waals surface area contributed by atoms with Crippen molar-refractivity contribution in [2.75, 3.05) is 0 Å². The molecule has 0 fully saturated rings. The number of benzene rings is 2. The fourth-order valence-electron chi connectivity index (χ4n) is 3.70. The van der Waals surface area contributed by atoms with E-state index in [2.05, 4.69) is 15.6 Å². The van der Waals surface area contributed by atoms with Gasteiger partial charge in [-0.15, -0.1) is 5.10 Å². The molecular weight excluding hydrogens is 454 g/mol. The van der Waals surface area contributed by atoms with Gasteiger partial charge in [-0.1, -0.05) is 47.1 Å². The number of carbonyl (C=O) groups is 2. The minimum Gasteiger partial charge on any atom is -0.467 e. The quantitative estimate of drug-likeness (QED) is 0.425. The maximum atomic E-state index is 13.7. The molecule has 0 bridgehead atoms. The molecule has 2 amide bonds. The number of aromatic nitrogens is 3. The van der Waals surface area contributed by atoms with Gasteiger partial charge >= 0.3 is 0 Å². The molecule has 0 aliphatic heterocycles. The molecule has 0 spiro atoms. The average molecular weight is 480 g/mol. The van der Waals surface area contributed by atoms with E-state index < -0.39 is 11.6 Å². The lowest BCUT2D eigenvalue weighted by Crippen LogP contribution is -2.49. The van der Waals surface area contributed by atoms with E-state index in [1.165, 1.54) is 15.8 Å². The molecule has 0 aliphatic rings. The zero-order chi connectivity index (χ0) is 24.3. The molecule has 1 atom stereocenters. The molecule has 2 aromatic heterocycles. The van der Waals surface area contributed by atoms with E-state index in [4.69, 9.17) is 16.0 Å². The van der Waals surface area contributed by atoms with Gasteiger partial charge in [-0.3, -0.25) is 9.59 Å². The van der Waals surface area contributed by atoms with Crippen LogP contribution in [0.2, 0.25) is 5.02 Å². The van der Waals surface area contributed by atoms with Crippen LogP contribution in [0.5, 0.6) is 0 Å². The van der Waals surface area contributed by atoms with Crippen LogP contribution in [0.25, 0.3) is 11.0 Å². The van der Waals surface area contributed by atoms with Crippen LogP contribution < -0.4 is 5.32 Å². The van der Waals surface area contributed by atoms with Gasteiger partial charge < -0.3 is 14.6 Å². The summed E-state index contributed by atoms with van der Waals surface area (Å²) < 4.78 is 7.14. The lowest BCUT2D eigenvalue weighted by atomic mass is 10.1. The number of hydrogen-bond acceptors (Lipinski definition) is 5. The number of amides is 2. The van der Waals surface area contributed by atoms with Gasteiger partial charge in [0, 0.05) is 17.1 Å². The standard InChI is InChI=1S/C25H26ClN5O3/c1-25(2,3)27-24(33)23(21-13-8-14-34-21)30(15-17-9-4-5-10-18(17)26)22(32)16-31-20-12-7-6-11-19(20)28-29-31/h4-14,23H,15-16H2,1-3H3,(H,27,33). The van der Waals surface area contributed by atoms with Crippen molar-refractivity contribution < 1.29 is 14.0 Å². The average Bonchev–Trinajstić information content (AvgIpc) is 3.44. The van der Waals surface area contributed by atoms with Crippen LogP contribution in [-0.4, -0.2) is 37.2 Å². The Bertz CT molecular complexity index is 1290. The Hall–Kier alpha value is -3.65. The van der Waals surface area contributed by atoms with Crippen molar-refractivity contribution in [2.24, 2.45) is 0 Å². The van der Waals surface area contributed by atoms with E-state index in [0.29, 0.717) is 21.9 Å². The molecule has 1 N–H and O–H groups in total. The zero-order valence-corrected chi connectivity index (χ0v) is 20.0. The normalized spacial score (nSPS) is 12.5. The second-order valence-corrected chi connectivity index (χ2v) is 9.41. The number of nitrogens with one attached hydrogen (secondary N) is 1. The number of furan rings is 1. The highest BCUT2D eigenvalue weighted by molar-refractivity contribution is 6.31. The van der Waals surface area contributed by atoms with Gasteiger partial charge in [-0.05, 0) is 56.7 Å². The van der Waals surface area contributed by atoms with Gasteiger partial charge in [0.25, 0.3) is 5.91 Å². The maximum Gasteiger partial charge on any atom is 0.251 e. The molecule has 176 valence electrons. The molecule has 0 radical (unpaired) electrons. The lowest BCUT2D eigenvalue weighted by Gasteiger charge is -2.32. The Balaban J connectivity index is 1.74. The summed E-state index contributed by atoms with van der Waals surface area (Å²) in [5.74, 6) is -0.335. The molecule has 0 saturated carbocycles. The molecule has 0 saturated heterocycles. The lowest BCUT2D eigenvalue weighted by molar-refractivity contribution is -0.143. The van der Waals surface area contributed by atoms with Crippen LogP contribution in [0.1, 0.15) is 38.1 Å². The first kappa shape index (κ1) is 23.5. The van der Waals surface area contributed by atoms with Crippen LogP contribution in [0, 0.1) is 0 Å². The fourth-order valence-corrected chi connectivity index (χ4v) is 3.89. The van der Waals surface area contributed by atoms with Gasteiger partial charge in [0.1, 0.15) is 17.8 Å². The third-order valence-electron chi connectivity index (χ3n) is 5.20. The Morgan fingerprint density at radius 2 is 1.82 bits per heavy atom. The van der Waals surface area contributed by atoms with E-state index in [1.807, 2.05) is 63.2 Å². The summed E-state index contributed by atoms with van der Waals surface area (Å²) in [5.41, 5.74) is 1.60. The predicted molar refractivity (Wildman–Crippen MR) is 129 cm³/mol. The molecule has 4 rings (SSSR count). The molecular formula is C25H26ClN5O3. The van der Waals surface area contributed by atoms with Crippen LogP contribution in [-0.2, 0) is 22.7 Å². The van der Waals surface area contributed by atoms with Crippen molar-refractivity contribution in [3.63, 3.8) is 0 Å². The molecule has 2 aromatic carbocycles. The summed E-state index contributed by atoms with van der Waals surface area (Å²) in [6, 6.07) is 17.0. The van der Waals surface area contributed by atoms with Crippen molar-refractivity contribution in [3.05, 3.63) is 83.3 Å². The van der Waals surface area contributed by atoms with Crippen LogP contribution >= 0.6 is 11.6 Å². The third-order valence-corrected chi connectivity index (χ3v) is 5.56. The van der Waals surface area contributed by atoms with Gasteiger partial charge in [-0.25, -0.2) is 4.68 Å². The number of rotatable bonds is 7. The van der Waals surface area contributed by atoms with Crippen LogP contribution in [0.15, 0.2) is 71.3 Å². The largest absolute Gasteiger partial charge is 0.467 e. The van der Waals surface area contributed by atoms with Crippen LogP contribution in [0.4, 0.5) is 0 Å². The minimum atomic E-state index is -1.01. The number of para-hydroxylation sites is 1. The van der Waals surface area contributed by atoms with E-state index in [9.17, 15) is 9.59 Å². The molecule has 9 heteroatoms. The number of halogens is 1. The molecule has 34 heavy (non-hydrogen) atoms. The van der Waals surface area contributed by atoms with Crippen LogP contribution in [0.3, 0.4) is 0 Å². The summed E-state index contributed by atoms with van der Waals surface area (Å²) in [4.78, 5) is 28.7. The molecule has 8 nitrogen and oxygen atoms in total. The monoisotopic (exact) mass is 479 g/mol. The van der Waals surface area contributed by atoms with Crippen molar-refractivity contribution in [1.82, 2.24) is 25.2 Å². The summed E-state index contributed by atoms with van der Waals surface area (Å²) in [5, 5.41) is 11.7. The fraction of sp³-hybridized carbons (Fsp3) is 0.280. The Morgan fingerprint density at radius 1 is 1.09 bits per heavy atom. The van der Waals surface area contributed by atoms with Crippen molar-refractivity contribution >= 4 is 34.4 Å². The van der Waals surface area contributed by atoms with Gasteiger partial charge in [0.15, 0.2) is 6.04 Å². The van der Waals surface area contributed by atoms with Crippen molar-refractivity contribution in [3.8, 4) is 0 Å². The van der Waals surface area contributed by atoms with E-state index >= 15 is 0 Å². The maximum absolute atomic E-state index is 13.7. The van der Waals surface area contributed by atoms with E-state index in [-0.39, 0.29) is 24.9 Å². The minimum absolute atomic E-state index is 0.105. The first-order chi connectivity index (χ1) is 16.2. The number of hydrogen-bond donors (Lipinski definition) is 1. The topological polar surface area (TPSA) is 93.3 Å². The highest BCUT2D eigenvalue weighted by Gasteiger charge is 2.35.